The van der Waals surface area contributed by atoms with Gasteiger partial charge in [-0.15, -0.1) is 0 Å². The number of amides is 2. The van der Waals surface area contributed by atoms with E-state index in [2.05, 4.69) is 42.5 Å². The Morgan fingerprint density at radius 2 is 1.59 bits per heavy atom. The van der Waals surface area contributed by atoms with Crippen molar-refractivity contribution in [2.75, 3.05) is 17.2 Å². The second-order valence-electron chi connectivity index (χ2n) is 5.84. The standard InChI is InChI=1S/C20H16Br2N2O3/c1-12(25)23-15-4-6-16(7-5-15)24-19(26)11-27-18-9-2-13-10-14(21)3-8-17(13)20(18)22/h2-10H,11H2,1H3,(H,23,25)(H,24,26). The molecule has 0 aliphatic carbocycles. The minimum absolute atomic E-state index is 0.117. The van der Waals surface area contributed by atoms with Gasteiger partial charge >= 0.3 is 0 Å². The first-order chi connectivity index (χ1) is 12.9. The molecule has 0 aliphatic heterocycles. The Bertz CT molecular complexity index is 1000. The summed E-state index contributed by atoms with van der Waals surface area (Å²) >= 11 is 7.00. The fraction of sp³-hybridized carbons (Fsp3) is 0.100. The van der Waals surface area contributed by atoms with Crippen LogP contribution in [0.4, 0.5) is 11.4 Å². The van der Waals surface area contributed by atoms with Crippen LogP contribution in [0.1, 0.15) is 6.92 Å². The average Bonchev–Trinajstić information content (AvgIpc) is 2.62. The molecule has 0 radical (unpaired) electrons. The van der Waals surface area contributed by atoms with Crippen molar-refractivity contribution in [2.45, 2.75) is 6.92 Å². The molecular formula is C20H16Br2N2O3. The third-order valence-corrected chi connectivity index (χ3v) is 5.04. The van der Waals surface area contributed by atoms with Gasteiger partial charge in [-0.3, -0.25) is 9.59 Å². The van der Waals surface area contributed by atoms with Gasteiger partial charge < -0.3 is 15.4 Å². The van der Waals surface area contributed by atoms with Crippen LogP contribution in [-0.4, -0.2) is 18.4 Å². The number of rotatable bonds is 5. The van der Waals surface area contributed by atoms with Gasteiger partial charge in [0.05, 0.1) is 4.47 Å². The normalized spacial score (nSPS) is 10.5. The lowest BCUT2D eigenvalue weighted by Crippen LogP contribution is -2.20. The summed E-state index contributed by atoms with van der Waals surface area (Å²) in [5, 5.41) is 7.50. The van der Waals surface area contributed by atoms with Crippen molar-refractivity contribution in [3.8, 4) is 5.75 Å². The molecule has 2 N–H and O–H groups in total. The first kappa shape index (κ1) is 19.4. The summed E-state index contributed by atoms with van der Waals surface area (Å²) in [4.78, 5) is 23.2. The zero-order valence-electron chi connectivity index (χ0n) is 14.4. The van der Waals surface area contributed by atoms with Crippen LogP contribution in [0.5, 0.6) is 5.75 Å². The van der Waals surface area contributed by atoms with Crippen molar-refractivity contribution in [3.05, 3.63) is 63.5 Å². The van der Waals surface area contributed by atoms with Gasteiger partial charge in [-0.25, -0.2) is 0 Å². The molecular weight excluding hydrogens is 476 g/mol. The summed E-state index contributed by atoms with van der Waals surface area (Å²) in [6.07, 6.45) is 0. The second kappa shape index (κ2) is 8.54. The van der Waals surface area contributed by atoms with Gasteiger partial charge in [0.15, 0.2) is 6.61 Å². The molecule has 0 aliphatic rings. The van der Waals surface area contributed by atoms with E-state index in [1.165, 1.54) is 6.92 Å². The topological polar surface area (TPSA) is 67.4 Å². The molecule has 7 heteroatoms. The van der Waals surface area contributed by atoms with E-state index in [1.807, 2.05) is 30.3 Å². The summed E-state index contributed by atoms with van der Waals surface area (Å²) in [7, 11) is 0. The predicted octanol–water partition coefficient (Wildman–Crippen LogP) is 5.34. The number of hydrogen-bond donors (Lipinski definition) is 2. The molecule has 0 fully saturated rings. The molecule has 3 rings (SSSR count). The number of ether oxygens (including phenoxy) is 1. The van der Waals surface area contributed by atoms with Crippen molar-refractivity contribution >= 4 is 65.8 Å². The summed E-state index contributed by atoms with van der Waals surface area (Å²) < 4.78 is 7.46. The number of anilines is 2. The number of halogens is 2. The number of benzene rings is 3. The van der Waals surface area contributed by atoms with Gasteiger partial charge in [-0.05, 0) is 69.2 Å². The maximum Gasteiger partial charge on any atom is 0.262 e. The Morgan fingerprint density at radius 3 is 2.26 bits per heavy atom. The maximum atomic E-state index is 12.1. The molecule has 0 unspecified atom stereocenters. The summed E-state index contributed by atoms with van der Waals surface area (Å²) in [5.41, 5.74) is 1.30. The smallest absolute Gasteiger partial charge is 0.262 e. The minimum Gasteiger partial charge on any atom is -0.483 e. The van der Waals surface area contributed by atoms with Crippen LogP contribution >= 0.6 is 31.9 Å². The highest BCUT2D eigenvalue weighted by molar-refractivity contribution is 9.11. The number of fused-ring (bicyclic) bond motifs is 1. The molecule has 3 aromatic rings. The van der Waals surface area contributed by atoms with Gasteiger partial charge in [-0.1, -0.05) is 28.1 Å². The molecule has 2 amide bonds. The van der Waals surface area contributed by atoms with E-state index in [4.69, 9.17) is 4.74 Å². The predicted molar refractivity (Wildman–Crippen MR) is 114 cm³/mol. The maximum absolute atomic E-state index is 12.1. The van der Waals surface area contributed by atoms with E-state index in [0.29, 0.717) is 17.1 Å². The highest BCUT2D eigenvalue weighted by Crippen LogP contribution is 2.34. The van der Waals surface area contributed by atoms with Gasteiger partial charge in [0, 0.05) is 22.8 Å². The van der Waals surface area contributed by atoms with Crippen molar-refractivity contribution in [3.63, 3.8) is 0 Å². The fourth-order valence-electron chi connectivity index (χ4n) is 2.53. The van der Waals surface area contributed by atoms with Gasteiger partial charge in [0.1, 0.15) is 5.75 Å². The van der Waals surface area contributed by atoms with Crippen LogP contribution in [0.2, 0.25) is 0 Å². The Labute approximate surface area is 173 Å². The number of hydrogen-bond acceptors (Lipinski definition) is 3. The van der Waals surface area contributed by atoms with Gasteiger partial charge in [0.2, 0.25) is 5.91 Å². The van der Waals surface area contributed by atoms with E-state index in [9.17, 15) is 9.59 Å². The molecule has 0 saturated heterocycles. The summed E-state index contributed by atoms with van der Waals surface area (Å²) in [6, 6.07) is 16.6. The number of carbonyl (C=O) groups excluding carboxylic acids is 2. The SMILES string of the molecule is CC(=O)Nc1ccc(NC(=O)COc2ccc3cc(Br)ccc3c2Br)cc1. The highest BCUT2D eigenvalue weighted by atomic mass is 79.9. The first-order valence-corrected chi connectivity index (χ1v) is 9.69. The molecule has 27 heavy (non-hydrogen) atoms. The van der Waals surface area contributed by atoms with Crippen LogP contribution in [0.15, 0.2) is 63.5 Å². The van der Waals surface area contributed by atoms with E-state index in [-0.39, 0.29) is 18.4 Å². The Balaban J connectivity index is 1.62. The molecule has 3 aromatic carbocycles. The summed E-state index contributed by atoms with van der Waals surface area (Å²) in [6.45, 7) is 1.32. The number of nitrogens with one attached hydrogen (secondary N) is 2. The molecule has 0 saturated carbocycles. The minimum atomic E-state index is -0.273. The monoisotopic (exact) mass is 490 g/mol. The van der Waals surface area contributed by atoms with Crippen molar-refractivity contribution < 1.29 is 14.3 Å². The quantitative estimate of drug-likeness (QED) is 0.506. The molecule has 0 atom stereocenters. The lowest BCUT2D eigenvalue weighted by Gasteiger charge is -2.11. The zero-order chi connectivity index (χ0) is 19.4. The largest absolute Gasteiger partial charge is 0.483 e. The molecule has 0 heterocycles. The molecule has 5 nitrogen and oxygen atoms in total. The summed E-state index contributed by atoms with van der Waals surface area (Å²) in [5.74, 6) is 0.180. The van der Waals surface area contributed by atoms with Crippen LogP contribution in [0, 0.1) is 0 Å². The van der Waals surface area contributed by atoms with Crippen molar-refractivity contribution in [2.24, 2.45) is 0 Å². The fourth-order valence-corrected chi connectivity index (χ4v) is 3.52. The van der Waals surface area contributed by atoms with E-state index in [0.717, 1.165) is 19.7 Å². The van der Waals surface area contributed by atoms with E-state index < -0.39 is 0 Å². The third-order valence-electron chi connectivity index (χ3n) is 3.73. The molecule has 138 valence electrons. The Kier molecular flexibility index (Phi) is 6.13. The lowest BCUT2D eigenvalue weighted by molar-refractivity contribution is -0.118. The Hall–Kier alpha value is -2.38. The number of carbonyl (C=O) groups is 2. The van der Waals surface area contributed by atoms with Gasteiger partial charge in [-0.2, -0.15) is 0 Å². The molecule has 0 bridgehead atoms. The van der Waals surface area contributed by atoms with E-state index in [1.54, 1.807) is 24.3 Å². The average molecular weight is 492 g/mol. The van der Waals surface area contributed by atoms with E-state index >= 15 is 0 Å². The molecule has 0 aromatic heterocycles. The zero-order valence-corrected chi connectivity index (χ0v) is 17.6. The Morgan fingerprint density at radius 1 is 0.926 bits per heavy atom. The van der Waals surface area contributed by atoms with Crippen LogP contribution in [-0.2, 0) is 9.59 Å². The third kappa shape index (κ3) is 5.08. The second-order valence-corrected chi connectivity index (χ2v) is 7.55. The first-order valence-electron chi connectivity index (χ1n) is 8.10. The van der Waals surface area contributed by atoms with Crippen LogP contribution in [0.3, 0.4) is 0 Å². The van der Waals surface area contributed by atoms with Gasteiger partial charge in [0.25, 0.3) is 5.91 Å². The van der Waals surface area contributed by atoms with Crippen molar-refractivity contribution in [1.29, 1.82) is 0 Å². The highest BCUT2D eigenvalue weighted by Gasteiger charge is 2.09. The van der Waals surface area contributed by atoms with Crippen molar-refractivity contribution in [1.82, 2.24) is 0 Å². The van der Waals surface area contributed by atoms with Crippen LogP contribution in [0.25, 0.3) is 10.8 Å². The van der Waals surface area contributed by atoms with Crippen LogP contribution < -0.4 is 15.4 Å². The molecule has 0 spiro atoms. The lowest BCUT2D eigenvalue weighted by atomic mass is 10.1.